The molecule has 0 aromatic carbocycles. The molecular formula is C23H46O2. The number of ether oxygens (including phenoxy) is 2. The van der Waals surface area contributed by atoms with Gasteiger partial charge in [-0.2, -0.15) is 0 Å². The van der Waals surface area contributed by atoms with Gasteiger partial charge < -0.3 is 9.47 Å². The topological polar surface area (TPSA) is 18.5 Å². The Morgan fingerprint density at radius 3 is 1.32 bits per heavy atom. The molecule has 0 atom stereocenters. The molecule has 150 valence electrons. The number of hydrogen-bond donors (Lipinski definition) is 0. The lowest BCUT2D eigenvalue weighted by molar-refractivity contribution is -0.234. The van der Waals surface area contributed by atoms with Gasteiger partial charge in [0.15, 0.2) is 5.79 Å². The first kappa shape index (κ1) is 23.0. The summed E-state index contributed by atoms with van der Waals surface area (Å²) in [4.78, 5) is 0. The van der Waals surface area contributed by atoms with Gasteiger partial charge in [0, 0.05) is 12.8 Å². The van der Waals surface area contributed by atoms with Crippen molar-refractivity contribution in [3.63, 3.8) is 0 Å². The minimum absolute atomic E-state index is 0.246. The van der Waals surface area contributed by atoms with Crippen molar-refractivity contribution < 1.29 is 9.47 Å². The summed E-state index contributed by atoms with van der Waals surface area (Å²) in [6.45, 7) is 6.35. The van der Waals surface area contributed by atoms with Crippen LogP contribution in [0.15, 0.2) is 0 Å². The van der Waals surface area contributed by atoms with E-state index in [2.05, 4.69) is 13.8 Å². The van der Waals surface area contributed by atoms with E-state index < -0.39 is 0 Å². The van der Waals surface area contributed by atoms with Gasteiger partial charge >= 0.3 is 0 Å². The summed E-state index contributed by atoms with van der Waals surface area (Å²) < 4.78 is 12.5. The van der Waals surface area contributed by atoms with Crippen molar-refractivity contribution in [1.29, 1.82) is 0 Å². The Morgan fingerprint density at radius 1 is 0.520 bits per heavy atom. The second kappa shape index (κ2) is 16.1. The third kappa shape index (κ3) is 12.0. The molecule has 0 amide bonds. The molecule has 0 spiro atoms. The smallest absolute Gasteiger partial charge is 0.168 e. The van der Waals surface area contributed by atoms with Gasteiger partial charge in [-0.15, -0.1) is 0 Å². The minimum Gasteiger partial charge on any atom is -0.350 e. The molecule has 2 heteroatoms. The molecule has 0 aromatic rings. The lowest BCUT2D eigenvalue weighted by Gasteiger charge is -2.32. The highest BCUT2D eigenvalue weighted by Gasteiger charge is 2.32. The molecule has 1 heterocycles. The summed E-state index contributed by atoms with van der Waals surface area (Å²) in [6.07, 6.45) is 23.7. The average molecular weight is 355 g/mol. The fourth-order valence-electron chi connectivity index (χ4n) is 3.88. The van der Waals surface area contributed by atoms with Crippen molar-refractivity contribution in [2.24, 2.45) is 0 Å². The van der Waals surface area contributed by atoms with Crippen LogP contribution in [0, 0.1) is 0 Å². The molecular weight excluding hydrogens is 308 g/mol. The molecule has 1 saturated heterocycles. The van der Waals surface area contributed by atoms with Crippen molar-refractivity contribution in [3.05, 3.63) is 0 Å². The van der Waals surface area contributed by atoms with E-state index >= 15 is 0 Å². The van der Waals surface area contributed by atoms with Gasteiger partial charge in [-0.3, -0.25) is 0 Å². The molecule has 2 nitrogen and oxygen atoms in total. The standard InChI is InChI=1S/C23H46O2/c1-3-5-7-9-10-11-12-13-14-16-20-23(19-15-8-6-4-2)24-21-17-18-22-25-23/h3-22H2,1-2H3. The molecule has 1 aliphatic heterocycles. The summed E-state index contributed by atoms with van der Waals surface area (Å²) in [7, 11) is 0. The van der Waals surface area contributed by atoms with Crippen LogP contribution >= 0.6 is 0 Å². The zero-order chi connectivity index (χ0) is 18.1. The van der Waals surface area contributed by atoms with Crippen molar-refractivity contribution in [2.75, 3.05) is 13.2 Å². The highest BCUT2D eigenvalue weighted by Crippen LogP contribution is 2.31. The van der Waals surface area contributed by atoms with Gasteiger partial charge in [0.2, 0.25) is 0 Å². The van der Waals surface area contributed by atoms with Crippen molar-refractivity contribution >= 4 is 0 Å². The summed E-state index contributed by atoms with van der Waals surface area (Å²) in [5.74, 6) is -0.246. The first-order valence-electron chi connectivity index (χ1n) is 11.6. The van der Waals surface area contributed by atoms with Gasteiger partial charge in [0.05, 0.1) is 13.2 Å². The largest absolute Gasteiger partial charge is 0.350 e. The van der Waals surface area contributed by atoms with E-state index in [0.29, 0.717) is 0 Å². The van der Waals surface area contributed by atoms with Crippen LogP contribution < -0.4 is 0 Å². The van der Waals surface area contributed by atoms with E-state index in [1.165, 1.54) is 89.9 Å². The molecule has 0 N–H and O–H groups in total. The maximum Gasteiger partial charge on any atom is 0.168 e. The fourth-order valence-corrected chi connectivity index (χ4v) is 3.88. The van der Waals surface area contributed by atoms with Gasteiger partial charge in [0.25, 0.3) is 0 Å². The Labute approximate surface area is 158 Å². The predicted octanol–water partition coefficient (Wildman–Crippen LogP) is 7.79. The van der Waals surface area contributed by atoms with Crippen LogP contribution in [0.1, 0.15) is 129 Å². The van der Waals surface area contributed by atoms with Crippen LogP contribution in [0.3, 0.4) is 0 Å². The van der Waals surface area contributed by atoms with E-state index in [-0.39, 0.29) is 5.79 Å². The summed E-state index contributed by atoms with van der Waals surface area (Å²) >= 11 is 0. The molecule has 0 unspecified atom stereocenters. The Balaban J connectivity index is 2.12. The third-order valence-corrected chi connectivity index (χ3v) is 5.59. The van der Waals surface area contributed by atoms with E-state index in [9.17, 15) is 0 Å². The lowest BCUT2D eigenvalue weighted by Crippen LogP contribution is -2.35. The van der Waals surface area contributed by atoms with Gasteiger partial charge in [-0.25, -0.2) is 0 Å². The average Bonchev–Trinajstić information content (AvgIpc) is 2.86. The van der Waals surface area contributed by atoms with Crippen molar-refractivity contribution in [2.45, 2.75) is 135 Å². The predicted molar refractivity (Wildman–Crippen MR) is 109 cm³/mol. The van der Waals surface area contributed by atoms with Crippen LogP contribution in [0.5, 0.6) is 0 Å². The van der Waals surface area contributed by atoms with Crippen molar-refractivity contribution in [1.82, 2.24) is 0 Å². The second-order valence-corrected chi connectivity index (χ2v) is 8.06. The highest BCUT2D eigenvalue weighted by atomic mass is 16.7. The first-order valence-corrected chi connectivity index (χ1v) is 11.6. The maximum atomic E-state index is 6.23. The van der Waals surface area contributed by atoms with Crippen LogP contribution in [0.25, 0.3) is 0 Å². The lowest BCUT2D eigenvalue weighted by atomic mass is 9.99. The molecule has 0 radical (unpaired) electrons. The van der Waals surface area contributed by atoms with E-state index in [1.807, 2.05) is 0 Å². The third-order valence-electron chi connectivity index (χ3n) is 5.59. The summed E-state index contributed by atoms with van der Waals surface area (Å²) in [5, 5.41) is 0. The van der Waals surface area contributed by atoms with Crippen LogP contribution in [0.2, 0.25) is 0 Å². The Hall–Kier alpha value is -0.0800. The quantitative estimate of drug-likeness (QED) is 0.263. The molecule has 1 aliphatic rings. The molecule has 0 aliphatic carbocycles. The maximum absolute atomic E-state index is 6.23. The van der Waals surface area contributed by atoms with Gasteiger partial charge in [-0.1, -0.05) is 90.9 Å². The first-order chi connectivity index (χ1) is 12.3. The summed E-state index contributed by atoms with van der Waals surface area (Å²) in [5.41, 5.74) is 0. The van der Waals surface area contributed by atoms with E-state index in [1.54, 1.807) is 0 Å². The molecule has 1 fully saturated rings. The highest BCUT2D eigenvalue weighted by molar-refractivity contribution is 4.73. The van der Waals surface area contributed by atoms with Crippen molar-refractivity contribution in [3.8, 4) is 0 Å². The molecule has 25 heavy (non-hydrogen) atoms. The minimum atomic E-state index is -0.246. The Bertz CT molecular complexity index is 269. The normalized spacial score (nSPS) is 17.5. The van der Waals surface area contributed by atoms with Crippen LogP contribution in [0.4, 0.5) is 0 Å². The fraction of sp³-hybridized carbons (Fsp3) is 1.00. The number of hydrogen-bond acceptors (Lipinski definition) is 2. The SMILES string of the molecule is CCCCCCCCCCCCC1(CCCCCC)OCCCCO1. The zero-order valence-corrected chi connectivity index (χ0v) is 17.5. The van der Waals surface area contributed by atoms with Gasteiger partial charge in [-0.05, 0) is 25.7 Å². The monoisotopic (exact) mass is 354 g/mol. The Kier molecular flexibility index (Phi) is 14.8. The van der Waals surface area contributed by atoms with E-state index in [0.717, 1.165) is 38.9 Å². The Morgan fingerprint density at radius 2 is 0.880 bits per heavy atom. The summed E-state index contributed by atoms with van der Waals surface area (Å²) in [6, 6.07) is 0. The molecule has 0 aromatic heterocycles. The van der Waals surface area contributed by atoms with Gasteiger partial charge in [0.1, 0.15) is 0 Å². The molecule has 1 rings (SSSR count). The number of rotatable bonds is 16. The van der Waals surface area contributed by atoms with Crippen LogP contribution in [-0.4, -0.2) is 19.0 Å². The number of unbranched alkanes of at least 4 members (excludes halogenated alkanes) is 12. The molecule has 0 saturated carbocycles. The zero-order valence-electron chi connectivity index (χ0n) is 17.5. The second-order valence-electron chi connectivity index (χ2n) is 8.06. The van der Waals surface area contributed by atoms with Crippen LogP contribution in [-0.2, 0) is 9.47 Å². The van der Waals surface area contributed by atoms with E-state index in [4.69, 9.17) is 9.47 Å². The molecule has 0 bridgehead atoms.